The van der Waals surface area contributed by atoms with Gasteiger partial charge in [-0.2, -0.15) is 0 Å². The lowest BCUT2D eigenvalue weighted by molar-refractivity contribution is 0.0660. The van der Waals surface area contributed by atoms with Gasteiger partial charge in [0.05, 0.1) is 0 Å². The highest BCUT2D eigenvalue weighted by molar-refractivity contribution is 5.06. The summed E-state index contributed by atoms with van der Waals surface area (Å²) in [5.74, 6) is 0.909. The van der Waals surface area contributed by atoms with Crippen LogP contribution in [0.25, 0.3) is 0 Å². The fourth-order valence-corrected chi connectivity index (χ4v) is 3.39. The standard InChI is InChI=1S/C11H21N/c1-9-7-12-6-5-11(9,8-12)10(2,3)4/h9H,5-8H2,1-4H3. The highest BCUT2D eigenvalue weighted by Crippen LogP contribution is 2.55. The number of hydrogen-bond donors (Lipinski definition) is 0. The predicted molar refractivity (Wildman–Crippen MR) is 52.1 cm³/mol. The van der Waals surface area contributed by atoms with Crippen LogP contribution in [-0.2, 0) is 0 Å². The Balaban J connectivity index is 2.30. The van der Waals surface area contributed by atoms with Gasteiger partial charge >= 0.3 is 0 Å². The van der Waals surface area contributed by atoms with E-state index < -0.39 is 0 Å². The van der Waals surface area contributed by atoms with Crippen LogP contribution in [0, 0.1) is 16.7 Å². The van der Waals surface area contributed by atoms with E-state index in [1.54, 1.807) is 0 Å². The van der Waals surface area contributed by atoms with E-state index in [0.29, 0.717) is 10.8 Å². The molecule has 2 saturated heterocycles. The Hall–Kier alpha value is -0.0400. The lowest BCUT2D eigenvalue weighted by atomic mass is 9.60. The van der Waals surface area contributed by atoms with Gasteiger partial charge in [0.25, 0.3) is 0 Å². The van der Waals surface area contributed by atoms with Gasteiger partial charge in [0.15, 0.2) is 0 Å². The van der Waals surface area contributed by atoms with Crippen LogP contribution in [0.4, 0.5) is 0 Å². The zero-order valence-electron chi connectivity index (χ0n) is 8.85. The molecule has 12 heavy (non-hydrogen) atoms. The van der Waals surface area contributed by atoms with Crippen molar-refractivity contribution in [1.29, 1.82) is 0 Å². The highest BCUT2D eigenvalue weighted by atomic mass is 15.2. The minimum absolute atomic E-state index is 0.498. The molecule has 1 nitrogen and oxygen atoms in total. The van der Waals surface area contributed by atoms with Gasteiger partial charge in [0.1, 0.15) is 0 Å². The van der Waals surface area contributed by atoms with Crippen LogP contribution >= 0.6 is 0 Å². The van der Waals surface area contributed by atoms with E-state index in [2.05, 4.69) is 32.6 Å². The number of rotatable bonds is 0. The molecule has 0 spiro atoms. The van der Waals surface area contributed by atoms with Crippen molar-refractivity contribution in [1.82, 2.24) is 4.90 Å². The molecule has 0 aromatic heterocycles. The molecule has 3 unspecified atom stereocenters. The van der Waals surface area contributed by atoms with Gasteiger partial charge in [-0.3, -0.25) is 0 Å². The quantitative estimate of drug-likeness (QED) is 0.535. The summed E-state index contributed by atoms with van der Waals surface area (Å²) in [6.45, 7) is 13.7. The van der Waals surface area contributed by atoms with Gasteiger partial charge < -0.3 is 4.90 Å². The Kier molecular flexibility index (Phi) is 1.61. The van der Waals surface area contributed by atoms with E-state index in [1.807, 2.05) is 0 Å². The highest BCUT2D eigenvalue weighted by Gasteiger charge is 2.54. The van der Waals surface area contributed by atoms with Crippen LogP contribution in [-0.4, -0.2) is 24.5 Å². The van der Waals surface area contributed by atoms with Crippen molar-refractivity contribution in [2.24, 2.45) is 16.7 Å². The maximum atomic E-state index is 2.63. The molecule has 3 atom stereocenters. The van der Waals surface area contributed by atoms with Crippen molar-refractivity contribution in [3.8, 4) is 0 Å². The van der Waals surface area contributed by atoms with E-state index in [1.165, 1.54) is 26.1 Å². The van der Waals surface area contributed by atoms with Crippen LogP contribution in [0.2, 0.25) is 0 Å². The average molecular weight is 167 g/mol. The Morgan fingerprint density at radius 1 is 1.33 bits per heavy atom. The monoisotopic (exact) mass is 167 g/mol. The van der Waals surface area contributed by atoms with Crippen LogP contribution in [0.15, 0.2) is 0 Å². The molecular formula is C11H21N. The second-order valence-corrected chi connectivity index (χ2v) is 5.79. The molecule has 2 aliphatic rings. The molecule has 0 saturated carbocycles. The normalized spacial score (nSPS) is 47.0. The second-order valence-electron chi connectivity index (χ2n) is 5.79. The Bertz CT molecular complexity index is 192. The summed E-state index contributed by atoms with van der Waals surface area (Å²) in [4.78, 5) is 2.63. The van der Waals surface area contributed by atoms with Gasteiger partial charge in [-0.15, -0.1) is 0 Å². The van der Waals surface area contributed by atoms with Crippen LogP contribution in [0.3, 0.4) is 0 Å². The first-order chi connectivity index (χ1) is 5.46. The smallest absolute Gasteiger partial charge is 0.00466 e. The molecule has 0 radical (unpaired) electrons. The summed E-state index contributed by atoms with van der Waals surface area (Å²) in [7, 11) is 0. The molecule has 2 aliphatic heterocycles. The van der Waals surface area contributed by atoms with E-state index in [9.17, 15) is 0 Å². The van der Waals surface area contributed by atoms with Crippen molar-refractivity contribution in [3.05, 3.63) is 0 Å². The van der Waals surface area contributed by atoms with Crippen LogP contribution in [0.1, 0.15) is 34.1 Å². The molecule has 0 aromatic carbocycles. The average Bonchev–Trinajstić information content (AvgIpc) is 2.41. The van der Waals surface area contributed by atoms with E-state index in [-0.39, 0.29) is 0 Å². The van der Waals surface area contributed by atoms with E-state index >= 15 is 0 Å². The molecule has 0 aromatic rings. The van der Waals surface area contributed by atoms with Crippen LogP contribution < -0.4 is 0 Å². The lowest BCUT2D eigenvalue weighted by Gasteiger charge is -2.43. The largest absolute Gasteiger partial charge is 0.302 e. The zero-order valence-corrected chi connectivity index (χ0v) is 8.85. The minimum atomic E-state index is 0.498. The first kappa shape index (κ1) is 8.55. The zero-order chi connectivity index (χ0) is 8.98. The maximum absolute atomic E-state index is 2.63. The Morgan fingerprint density at radius 3 is 2.25 bits per heavy atom. The molecule has 2 heterocycles. The first-order valence-corrected chi connectivity index (χ1v) is 5.18. The summed E-state index contributed by atoms with van der Waals surface area (Å²) < 4.78 is 0. The molecule has 2 rings (SSSR count). The molecule has 0 amide bonds. The Labute approximate surface area is 76.1 Å². The number of fused-ring (bicyclic) bond motifs is 2. The van der Waals surface area contributed by atoms with Crippen LogP contribution in [0.5, 0.6) is 0 Å². The van der Waals surface area contributed by atoms with Crippen molar-refractivity contribution in [2.45, 2.75) is 34.1 Å². The van der Waals surface area contributed by atoms with Gasteiger partial charge in [-0.1, -0.05) is 27.7 Å². The molecule has 0 N–H and O–H groups in total. The molecule has 2 fully saturated rings. The summed E-state index contributed by atoms with van der Waals surface area (Å²) in [5.41, 5.74) is 1.13. The minimum Gasteiger partial charge on any atom is -0.302 e. The number of nitrogens with zero attached hydrogens (tertiary/aromatic N) is 1. The van der Waals surface area contributed by atoms with Gasteiger partial charge in [0.2, 0.25) is 0 Å². The topological polar surface area (TPSA) is 3.24 Å². The molecule has 70 valence electrons. The predicted octanol–water partition coefficient (Wildman–Crippen LogP) is 2.37. The SMILES string of the molecule is CC1CN2CCC1(C(C)(C)C)C2. The Morgan fingerprint density at radius 2 is 2.00 bits per heavy atom. The molecular weight excluding hydrogens is 146 g/mol. The third-order valence-corrected chi connectivity index (χ3v) is 4.35. The molecule has 2 bridgehead atoms. The fourth-order valence-electron chi connectivity index (χ4n) is 3.39. The summed E-state index contributed by atoms with van der Waals surface area (Å²) in [5, 5.41) is 0. The summed E-state index contributed by atoms with van der Waals surface area (Å²) in [6.07, 6.45) is 1.43. The first-order valence-electron chi connectivity index (χ1n) is 5.18. The third-order valence-electron chi connectivity index (χ3n) is 4.35. The third kappa shape index (κ3) is 0.891. The summed E-state index contributed by atoms with van der Waals surface area (Å²) >= 11 is 0. The molecule has 1 heteroatoms. The van der Waals surface area contributed by atoms with Crippen molar-refractivity contribution in [2.75, 3.05) is 19.6 Å². The lowest BCUT2D eigenvalue weighted by Crippen LogP contribution is -2.40. The van der Waals surface area contributed by atoms with E-state index in [4.69, 9.17) is 0 Å². The molecule has 0 aliphatic carbocycles. The number of piperidine rings is 1. The summed E-state index contributed by atoms with van der Waals surface area (Å²) in [6, 6.07) is 0. The van der Waals surface area contributed by atoms with Crippen molar-refractivity contribution < 1.29 is 0 Å². The van der Waals surface area contributed by atoms with Crippen molar-refractivity contribution >= 4 is 0 Å². The van der Waals surface area contributed by atoms with Gasteiger partial charge in [-0.05, 0) is 29.7 Å². The van der Waals surface area contributed by atoms with E-state index in [0.717, 1.165) is 5.92 Å². The van der Waals surface area contributed by atoms with Gasteiger partial charge in [-0.25, -0.2) is 0 Å². The fraction of sp³-hybridized carbons (Fsp3) is 1.00. The second kappa shape index (κ2) is 2.25. The van der Waals surface area contributed by atoms with Gasteiger partial charge in [0, 0.05) is 13.1 Å². The number of hydrogen-bond acceptors (Lipinski definition) is 1. The van der Waals surface area contributed by atoms with Crippen molar-refractivity contribution in [3.63, 3.8) is 0 Å². The maximum Gasteiger partial charge on any atom is 0.00466 e.